The van der Waals surface area contributed by atoms with E-state index in [1.165, 1.54) is 30.6 Å². The predicted octanol–water partition coefficient (Wildman–Crippen LogP) is 2.33. The molecule has 2 aliphatic heterocycles. The molecular weight excluding hydrogens is 557 g/mol. The summed E-state index contributed by atoms with van der Waals surface area (Å²) in [6.07, 6.45) is 1.66. The quantitative estimate of drug-likeness (QED) is 0.360. The van der Waals surface area contributed by atoms with Crippen LogP contribution < -0.4 is 10.8 Å². The van der Waals surface area contributed by atoms with Crippen LogP contribution in [0, 0.1) is 5.82 Å². The monoisotopic (exact) mass is 581 g/mol. The smallest absolute Gasteiger partial charge is 0.338 e. The number of hydrogen-bond acceptors (Lipinski definition) is 10. The van der Waals surface area contributed by atoms with Gasteiger partial charge in [0.2, 0.25) is 0 Å². The average Bonchev–Trinajstić information content (AvgIpc) is 3.39. The number of hydroxylamine groups is 1. The average molecular weight is 582 g/mol. The lowest BCUT2D eigenvalue weighted by molar-refractivity contribution is -0.142. The van der Waals surface area contributed by atoms with Gasteiger partial charge in [0.05, 0.1) is 32.5 Å². The van der Waals surface area contributed by atoms with Gasteiger partial charge < -0.3 is 14.8 Å². The van der Waals surface area contributed by atoms with Gasteiger partial charge in [0.15, 0.2) is 10.8 Å². The van der Waals surface area contributed by atoms with Crippen LogP contribution in [0.15, 0.2) is 50.5 Å². The highest BCUT2D eigenvalue weighted by molar-refractivity contribution is 9.10. The van der Waals surface area contributed by atoms with E-state index in [0.717, 1.165) is 0 Å². The number of carbonyl (C=O) groups excluding carboxylic acids is 2. The van der Waals surface area contributed by atoms with E-state index in [9.17, 15) is 14.0 Å². The predicted molar refractivity (Wildman–Crippen MR) is 134 cm³/mol. The number of halogens is 2. The van der Waals surface area contributed by atoms with Crippen LogP contribution in [0.2, 0.25) is 0 Å². The zero-order valence-electron chi connectivity index (χ0n) is 19.6. The molecule has 0 aliphatic carbocycles. The summed E-state index contributed by atoms with van der Waals surface area (Å²) in [5.74, 6) is -0.890. The molecule has 3 heterocycles. The molecule has 4 rings (SSSR count). The molecule has 2 N–H and O–H groups in total. The van der Waals surface area contributed by atoms with Crippen molar-refractivity contribution < 1.29 is 28.3 Å². The Morgan fingerprint density at radius 3 is 2.94 bits per heavy atom. The number of thiazole rings is 1. The van der Waals surface area contributed by atoms with Gasteiger partial charge in [0.1, 0.15) is 17.9 Å². The Hall–Kier alpha value is -2.71. The normalized spacial score (nSPS) is 20.5. The van der Waals surface area contributed by atoms with E-state index in [4.69, 9.17) is 19.3 Å². The van der Waals surface area contributed by atoms with Gasteiger partial charge in [0, 0.05) is 34.8 Å². The number of amides is 1. The number of esters is 1. The molecule has 192 valence electrons. The van der Waals surface area contributed by atoms with Gasteiger partial charge in [0.25, 0.3) is 5.91 Å². The number of aromatic nitrogens is 1. The number of hydrogen-bond donors (Lipinski definition) is 2. The highest BCUT2D eigenvalue weighted by Crippen LogP contribution is 2.37. The Morgan fingerprint density at radius 2 is 2.25 bits per heavy atom. The van der Waals surface area contributed by atoms with E-state index < -0.39 is 23.9 Å². The summed E-state index contributed by atoms with van der Waals surface area (Å²) >= 11 is 4.80. The molecule has 2 unspecified atom stereocenters. The molecule has 0 radical (unpaired) electrons. The van der Waals surface area contributed by atoms with Crippen molar-refractivity contribution in [2.45, 2.75) is 19.0 Å². The molecule has 2 aromatic rings. The highest BCUT2D eigenvalue weighted by Gasteiger charge is 2.37. The largest absolute Gasteiger partial charge is 0.463 e. The Balaban J connectivity index is 1.81. The van der Waals surface area contributed by atoms with Crippen molar-refractivity contribution in [2.24, 2.45) is 4.99 Å². The molecule has 1 aromatic carbocycles. The molecule has 0 spiro atoms. The number of rotatable bonds is 8. The van der Waals surface area contributed by atoms with Crippen molar-refractivity contribution in [2.75, 3.05) is 40.0 Å². The Labute approximate surface area is 219 Å². The number of carbonyl (C=O) groups is 2. The summed E-state index contributed by atoms with van der Waals surface area (Å²) in [4.78, 5) is 41.8. The van der Waals surface area contributed by atoms with Crippen LogP contribution in [0.4, 0.5) is 4.39 Å². The Morgan fingerprint density at radius 1 is 1.42 bits per heavy atom. The van der Waals surface area contributed by atoms with E-state index in [-0.39, 0.29) is 31.2 Å². The van der Waals surface area contributed by atoms with Crippen molar-refractivity contribution >= 4 is 45.0 Å². The highest BCUT2D eigenvalue weighted by atomic mass is 79.9. The van der Waals surface area contributed by atoms with Crippen LogP contribution in [-0.2, 0) is 23.9 Å². The molecular formula is C23H25BrFN5O5S. The number of nitrogens with zero attached hydrogens (tertiary/aromatic N) is 3. The van der Waals surface area contributed by atoms with Gasteiger partial charge >= 0.3 is 5.97 Å². The van der Waals surface area contributed by atoms with Crippen LogP contribution in [0.5, 0.6) is 0 Å². The molecule has 1 amide bonds. The number of ether oxygens (including phenoxy) is 2. The standard InChI is InChI=1S/C23H25BrFN5O5S/c1-3-35-23(32)18-16(11-30-7-8-34-12-17(30)21(31)29-33-2)27-20(22-26-6-9-36-22)28-19(18)14-5-4-13(25)10-15(14)24/h4-6,9-10,17,19H,3,7-8,11-12H2,1-2H3,(H,27,28)(H,29,31). The SMILES string of the molecule is CCOC(=O)C1=C(CN2CCOCC2C(=O)NOC)NC(c2nccs2)=NC1c1ccc(F)cc1Br. The minimum absolute atomic E-state index is 0.159. The molecule has 2 atom stereocenters. The van der Waals surface area contributed by atoms with Crippen LogP contribution in [-0.4, -0.2) is 73.7 Å². The third-order valence-electron chi connectivity index (χ3n) is 5.62. The molecule has 36 heavy (non-hydrogen) atoms. The van der Waals surface area contributed by atoms with Crippen LogP contribution in [0.1, 0.15) is 23.5 Å². The zero-order chi connectivity index (χ0) is 25.7. The van der Waals surface area contributed by atoms with Gasteiger partial charge in [-0.15, -0.1) is 11.3 Å². The maximum atomic E-state index is 13.9. The number of amidine groups is 1. The molecule has 1 aromatic heterocycles. The third kappa shape index (κ3) is 5.81. The van der Waals surface area contributed by atoms with Crippen LogP contribution in [0.25, 0.3) is 0 Å². The summed E-state index contributed by atoms with van der Waals surface area (Å²) in [6, 6.07) is 2.77. The van der Waals surface area contributed by atoms with E-state index in [1.807, 2.05) is 10.3 Å². The van der Waals surface area contributed by atoms with Gasteiger partial charge in [-0.1, -0.05) is 22.0 Å². The second-order valence-electron chi connectivity index (χ2n) is 7.85. The molecule has 0 bridgehead atoms. The van der Waals surface area contributed by atoms with E-state index in [2.05, 4.69) is 31.7 Å². The Bertz CT molecular complexity index is 1180. The summed E-state index contributed by atoms with van der Waals surface area (Å²) in [5, 5.41) is 5.70. The molecule has 2 aliphatic rings. The van der Waals surface area contributed by atoms with Crippen molar-refractivity contribution in [3.05, 3.63) is 61.9 Å². The van der Waals surface area contributed by atoms with E-state index >= 15 is 0 Å². The first-order valence-electron chi connectivity index (χ1n) is 11.2. The van der Waals surface area contributed by atoms with Gasteiger partial charge in [-0.05, 0) is 24.6 Å². The molecule has 10 nitrogen and oxygen atoms in total. The maximum absolute atomic E-state index is 13.9. The number of benzene rings is 1. The fourth-order valence-corrected chi connectivity index (χ4v) is 5.16. The Kier molecular flexibility index (Phi) is 8.80. The molecule has 1 fully saturated rings. The van der Waals surface area contributed by atoms with Crippen LogP contribution >= 0.6 is 27.3 Å². The topological polar surface area (TPSA) is 114 Å². The number of aliphatic imine (C=N–C) groups is 1. The maximum Gasteiger partial charge on any atom is 0.338 e. The molecule has 0 saturated carbocycles. The van der Waals surface area contributed by atoms with Gasteiger partial charge in [-0.2, -0.15) is 0 Å². The first-order valence-corrected chi connectivity index (χ1v) is 12.8. The lowest BCUT2D eigenvalue weighted by Gasteiger charge is -2.36. The second-order valence-corrected chi connectivity index (χ2v) is 9.60. The first kappa shape index (κ1) is 26.4. The minimum Gasteiger partial charge on any atom is -0.463 e. The van der Waals surface area contributed by atoms with Gasteiger partial charge in [-0.3, -0.25) is 19.5 Å². The summed E-state index contributed by atoms with van der Waals surface area (Å²) < 4.78 is 25.3. The first-order chi connectivity index (χ1) is 17.4. The van der Waals surface area contributed by atoms with Crippen molar-refractivity contribution in [3.8, 4) is 0 Å². The third-order valence-corrected chi connectivity index (χ3v) is 7.09. The molecule has 13 heteroatoms. The summed E-state index contributed by atoms with van der Waals surface area (Å²) in [7, 11) is 1.36. The second kappa shape index (κ2) is 12.0. The number of nitrogens with one attached hydrogen (secondary N) is 2. The summed E-state index contributed by atoms with van der Waals surface area (Å²) in [5.41, 5.74) is 3.71. The van der Waals surface area contributed by atoms with E-state index in [0.29, 0.717) is 39.7 Å². The number of morpholine rings is 1. The van der Waals surface area contributed by atoms with E-state index in [1.54, 1.807) is 19.2 Å². The summed E-state index contributed by atoms with van der Waals surface area (Å²) in [6.45, 7) is 3.09. The zero-order valence-corrected chi connectivity index (χ0v) is 22.0. The van der Waals surface area contributed by atoms with Crippen LogP contribution in [0.3, 0.4) is 0 Å². The van der Waals surface area contributed by atoms with Crippen molar-refractivity contribution in [1.82, 2.24) is 20.7 Å². The lowest BCUT2D eigenvalue weighted by Crippen LogP contribution is -2.55. The minimum atomic E-state index is -0.804. The molecule has 1 saturated heterocycles. The van der Waals surface area contributed by atoms with Gasteiger partial charge in [-0.25, -0.2) is 19.6 Å². The van der Waals surface area contributed by atoms with Crippen molar-refractivity contribution in [1.29, 1.82) is 0 Å². The lowest BCUT2D eigenvalue weighted by atomic mass is 9.95. The van der Waals surface area contributed by atoms with Crippen molar-refractivity contribution in [3.63, 3.8) is 0 Å². The fraction of sp³-hybridized carbons (Fsp3) is 0.391. The fourth-order valence-electron chi connectivity index (χ4n) is 4.01.